The number of thiophene rings is 1. The molecule has 2 N–H and O–H groups in total. The second-order valence-electron chi connectivity index (χ2n) is 5.16. The number of hydrogen-bond acceptors (Lipinski definition) is 3. The van der Waals surface area contributed by atoms with Crippen LogP contribution in [0.25, 0.3) is 10.1 Å². The maximum atomic E-state index is 13.8. The fraction of sp³-hybridized carbons (Fsp3) is 0.400. The van der Waals surface area contributed by atoms with Gasteiger partial charge in [0.1, 0.15) is 10.7 Å². The highest BCUT2D eigenvalue weighted by molar-refractivity contribution is 7.21. The third kappa shape index (κ3) is 1.97. The first kappa shape index (κ1) is 13.4. The van der Waals surface area contributed by atoms with Crippen LogP contribution in [0.4, 0.5) is 10.1 Å². The topological polar surface area (TPSA) is 46.3 Å². The van der Waals surface area contributed by atoms with Gasteiger partial charge in [-0.15, -0.1) is 11.3 Å². The van der Waals surface area contributed by atoms with Crippen molar-refractivity contribution < 1.29 is 9.18 Å². The number of likely N-dealkylation sites (tertiary alicyclic amines) is 1. The van der Waals surface area contributed by atoms with E-state index in [1.54, 1.807) is 12.1 Å². The Hall–Kier alpha value is -1.62. The molecule has 0 bridgehead atoms. The van der Waals surface area contributed by atoms with Crippen molar-refractivity contribution in [3.63, 3.8) is 0 Å². The Morgan fingerprint density at radius 3 is 3.05 bits per heavy atom. The molecule has 1 aromatic heterocycles. The molecule has 20 heavy (non-hydrogen) atoms. The van der Waals surface area contributed by atoms with E-state index in [2.05, 4.69) is 6.92 Å². The van der Waals surface area contributed by atoms with E-state index in [0.717, 1.165) is 30.5 Å². The molecule has 2 heterocycles. The highest BCUT2D eigenvalue weighted by atomic mass is 32.1. The van der Waals surface area contributed by atoms with Gasteiger partial charge >= 0.3 is 0 Å². The number of nitrogens with zero attached hydrogens (tertiary/aromatic N) is 1. The number of anilines is 1. The van der Waals surface area contributed by atoms with E-state index < -0.39 is 0 Å². The number of carbonyl (C=O) groups excluding carboxylic acids is 1. The smallest absolute Gasteiger partial charge is 0.266 e. The normalized spacial score (nSPS) is 18.9. The van der Waals surface area contributed by atoms with Crippen molar-refractivity contribution in [1.29, 1.82) is 0 Å². The van der Waals surface area contributed by atoms with Gasteiger partial charge in [-0.2, -0.15) is 0 Å². The van der Waals surface area contributed by atoms with Crippen LogP contribution in [0.2, 0.25) is 0 Å². The fourth-order valence-corrected chi connectivity index (χ4v) is 4.04. The lowest BCUT2D eigenvalue weighted by Gasteiger charge is -2.23. The number of amides is 1. The molecule has 5 heteroatoms. The van der Waals surface area contributed by atoms with Crippen LogP contribution in [-0.4, -0.2) is 23.4 Å². The first-order valence-corrected chi connectivity index (χ1v) is 7.72. The van der Waals surface area contributed by atoms with Crippen LogP contribution in [0.5, 0.6) is 0 Å². The lowest BCUT2D eigenvalue weighted by molar-refractivity contribution is 0.0739. The molecule has 1 amide bonds. The van der Waals surface area contributed by atoms with Gasteiger partial charge in [0.05, 0.1) is 11.1 Å². The number of nitrogen functional groups attached to an aromatic ring is 1. The van der Waals surface area contributed by atoms with Gasteiger partial charge in [-0.3, -0.25) is 4.79 Å². The molecule has 1 fully saturated rings. The highest BCUT2D eigenvalue weighted by Crippen LogP contribution is 2.37. The molecule has 1 unspecified atom stereocenters. The summed E-state index contributed by atoms with van der Waals surface area (Å²) in [7, 11) is 0. The van der Waals surface area contributed by atoms with E-state index in [1.807, 2.05) is 4.90 Å². The van der Waals surface area contributed by atoms with Gasteiger partial charge < -0.3 is 10.6 Å². The maximum Gasteiger partial charge on any atom is 0.266 e. The fourth-order valence-electron chi connectivity index (χ4n) is 2.95. The van der Waals surface area contributed by atoms with Gasteiger partial charge in [0.15, 0.2) is 0 Å². The van der Waals surface area contributed by atoms with Gasteiger partial charge in [0, 0.05) is 17.3 Å². The first-order valence-electron chi connectivity index (χ1n) is 6.91. The Bertz CT molecular complexity index is 667. The van der Waals surface area contributed by atoms with E-state index in [-0.39, 0.29) is 23.5 Å². The van der Waals surface area contributed by atoms with Crippen molar-refractivity contribution >= 4 is 33.0 Å². The van der Waals surface area contributed by atoms with E-state index >= 15 is 0 Å². The molecule has 0 aliphatic carbocycles. The van der Waals surface area contributed by atoms with E-state index in [4.69, 9.17) is 5.73 Å². The summed E-state index contributed by atoms with van der Waals surface area (Å²) in [5.41, 5.74) is 6.31. The number of fused-ring (bicyclic) bond motifs is 1. The van der Waals surface area contributed by atoms with Gasteiger partial charge in [0.25, 0.3) is 5.91 Å². The molecule has 3 nitrogen and oxygen atoms in total. The molecule has 3 rings (SSSR count). The summed E-state index contributed by atoms with van der Waals surface area (Å²) in [5, 5.41) is 0.382. The van der Waals surface area contributed by atoms with Crippen molar-refractivity contribution in [2.24, 2.45) is 0 Å². The van der Waals surface area contributed by atoms with E-state index in [9.17, 15) is 9.18 Å². The quantitative estimate of drug-likeness (QED) is 0.918. The van der Waals surface area contributed by atoms with Crippen LogP contribution in [0.15, 0.2) is 18.2 Å². The molecule has 1 saturated heterocycles. The van der Waals surface area contributed by atoms with Crippen LogP contribution in [0.3, 0.4) is 0 Å². The van der Waals surface area contributed by atoms with Gasteiger partial charge in [-0.1, -0.05) is 13.0 Å². The maximum absolute atomic E-state index is 13.8. The summed E-state index contributed by atoms with van der Waals surface area (Å²) in [4.78, 5) is 15.0. The molecule has 106 valence electrons. The third-order valence-corrected chi connectivity index (χ3v) is 5.16. The summed E-state index contributed by atoms with van der Waals surface area (Å²) < 4.78 is 14.6. The average Bonchev–Trinajstić information content (AvgIpc) is 3.03. The third-order valence-electron chi connectivity index (χ3n) is 4.00. The number of carbonyl (C=O) groups is 1. The minimum absolute atomic E-state index is 0.0487. The molecule has 0 radical (unpaired) electrons. The molecule has 1 aliphatic heterocycles. The molecule has 1 aromatic carbocycles. The zero-order chi connectivity index (χ0) is 14.3. The summed E-state index contributed by atoms with van der Waals surface area (Å²) in [6.45, 7) is 2.86. The van der Waals surface area contributed by atoms with Crippen molar-refractivity contribution in [3.8, 4) is 0 Å². The van der Waals surface area contributed by atoms with E-state index in [1.165, 1.54) is 17.4 Å². The summed E-state index contributed by atoms with van der Waals surface area (Å²) in [6.07, 6.45) is 3.02. The molecular formula is C15H17FN2OS. The lowest BCUT2D eigenvalue weighted by atomic mass is 10.1. The Kier molecular flexibility index (Phi) is 3.38. The Morgan fingerprint density at radius 2 is 2.35 bits per heavy atom. The van der Waals surface area contributed by atoms with Crippen LogP contribution >= 0.6 is 11.3 Å². The molecule has 1 aliphatic rings. The predicted octanol–water partition coefficient (Wildman–Crippen LogP) is 3.64. The van der Waals surface area contributed by atoms with Crippen molar-refractivity contribution in [2.45, 2.75) is 32.2 Å². The molecule has 1 atom stereocenters. The molecular weight excluding hydrogens is 275 g/mol. The largest absolute Gasteiger partial charge is 0.397 e. The summed E-state index contributed by atoms with van der Waals surface area (Å²) in [6, 6.07) is 5.12. The molecule has 2 aromatic rings. The van der Waals surface area contributed by atoms with Gasteiger partial charge in [-0.05, 0) is 31.4 Å². The molecule has 0 spiro atoms. The second kappa shape index (κ2) is 5.05. The Labute approximate surface area is 121 Å². The van der Waals surface area contributed by atoms with Crippen LogP contribution in [0.1, 0.15) is 35.9 Å². The predicted molar refractivity (Wildman–Crippen MR) is 80.5 cm³/mol. The standard InChI is InChI=1S/C15H17FN2OS/c1-2-9-5-4-8-18(9)15(19)14-13(17)12-10(16)6-3-7-11(12)20-14/h3,6-7,9H,2,4-5,8,17H2,1H3. The van der Waals surface area contributed by atoms with Gasteiger partial charge in [0.2, 0.25) is 0 Å². The van der Waals surface area contributed by atoms with Crippen molar-refractivity contribution in [3.05, 3.63) is 28.9 Å². The number of nitrogens with two attached hydrogens (primary N) is 1. The first-order chi connectivity index (χ1) is 9.63. The number of hydrogen-bond donors (Lipinski definition) is 1. The SMILES string of the molecule is CCC1CCCN1C(=O)c1sc2cccc(F)c2c1N. The van der Waals surface area contributed by atoms with Crippen molar-refractivity contribution in [1.82, 2.24) is 4.90 Å². The Morgan fingerprint density at radius 1 is 1.55 bits per heavy atom. The van der Waals surface area contributed by atoms with Crippen LogP contribution in [0, 0.1) is 5.82 Å². The zero-order valence-corrected chi connectivity index (χ0v) is 12.2. The zero-order valence-electron chi connectivity index (χ0n) is 11.4. The van der Waals surface area contributed by atoms with Crippen LogP contribution < -0.4 is 5.73 Å². The highest BCUT2D eigenvalue weighted by Gasteiger charge is 2.30. The average molecular weight is 292 g/mol. The Balaban J connectivity index is 2.04. The summed E-state index contributed by atoms with van der Waals surface area (Å²) in [5.74, 6) is -0.406. The minimum Gasteiger partial charge on any atom is -0.397 e. The van der Waals surface area contributed by atoms with Gasteiger partial charge in [-0.25, -0.2) is 4.39 Å². The van der Waals surface area contributed by atoms with Crippen molar-refractivity contribution in [2.75, 3.05) is 12.3 Å². The number of halogens is 1. The summed E-state index contributed by atoms with van der Waals surface area (Å²) >= 11 is 1.29. The minimum atomic E-state index is -0.358. The lowest BCUT2D eigenvalue weighted by Crippen LogP contribution is -2.34. The number of rotatable bonds is 2. The number of benzene rings is 1. The molecule has 0 saturated carbocycles. The van der Waals surface area contributed by atoms with E-state index in [0.29, 0.717) is 10.3 Å². The van der Waals surface area contributed by atoms with Crippen LogP contribution in [-0.2, 0) is 0 Å². The second-order valence-corrected chi connectivity index (χ2v) is 6.21. The monoisotopic (exact) mass is 292 g/mol.